The minimum Gasteiger partial charge on any atom is -0.223 e. The molecule has 0 bridgehead atoms. The minimum absolute atomic E-state index is 0.0283. The number of benzene rings is 2. The Labute approximate surface area is 178 Å². The molecule has 30 heavy (non-hydrogen) atoms. The molecule has 0 atom stereocenters. The first-order valence-corrected chi connectivity index (χ1v) is 12.4. The predicted octanol–water partition coefficient (Wildman–Crippen LogP) is 4.20. The zero-order valence-electron chi connectivity index (χ0n) is 15.8. The highest BCUT2D eigenvalue weighted by atomic mass is 35.5. The Bertz CT molecular complexity index is 1160. The van der Waals surface area contributed by atoms with Crippen molar-refractivity contribution in [2.45, 2.75) is 41.0 Å². The summed E-state index contributed by atoms with van der Waals surface area (Å²) in [6.45, 7) is 1.77. The van der Waals surface area contributed by atoms with Gasteiger partial charge in [-0.2, -0.15) is 13.2 Å². The highest BCUT2D eigenvalue weighted by Gasteiger charge is 2.40. The maximum atomic E-state index is 12.7. The molecule has 0 spiro atoms. The van der Waals surface area contributed by atoms with Crippen molar-refractivity contribution in [3.8, 4) is 0 Å². The van der Waals surface area contributed by atoms with E-state index in [1.807, 2.05) is 0 Å². The topological polar surface area (TPSA) is 80.3 Å². The van der Waals surface area contributed by atoms with E-state index in [1.54, 1.807) is 25.1 Å². The van der Waals surface area contributed by atoms with Crippen LogP contribution >= 0.6 is 11.6 Å². The standard InChI is InChI=1S/C19H19ClF3NO4S2/c1-12-3-2-4-15(7-12)29(25,26)16-8-13(9-16)11-24-30(27,28)18-6-5-14(10-17(18)20)19(21,22)23/h2-7,10,13,16,24H,8-9,11H2,1H3/t13-,16-. The van der Waals surface area contributed by atoms with Crippen LogP contribution in [0.15, 0.2) is 52.3 Å². The molecule has 0 unspecified atom stereocenters. The highest BCUT2D eigenvalue weighted by molar-refractivity contribution is 7.92. The van der Waals surface area contributed by atoms with E-state index in [1.165, 1.54) is 6.07 Å². The number of sulfonamides is 1. The molecule has 0 aromatic heterocycles. The van der Waals surface area contributed by atoms with E-state index in [9.17, 15) is 30.0 Å². The Morgan fingerprint density at radius 1 is 1.07 bits per heavy atom. The fraction of sp³-hybridized carbons (Fsp3) is 0.368. The van der Waals surface area contributed by atoms with Crippen LogP contribution in [-0.4, -0.2) is 28.6 Å². The molecule has 164 valence electrons. The van der Waals surface area contributed by atoms with Crippen LogP contribution in [0.4, 0.5) is 13.2 Å². The van der Waals surface area contributed by atoms with E-state index < -0.39 is 46.8 Å². The van der Waals surface area contributed by atoms with Crippen molar-refractivity contribution in [2.24, 2.45) is 5.92 Å². The number of alkyl halides is 3. The Hall–Kier alpha value is -1.62. The second-order valence-corrected chi connectivity index (χ2v) is 11.7. The van der Waals surface area contributed by atoms with Gasteiger partial charge in [-0.25, -0.2) is 21.6 Å². The Kier molecular flexibility index (Phi) is 6.26. The van der Waals surface area contributed by atoms with Crippen LogP contribution < -0.4 is 4.72 Å². The molecule has 1 aliphatic carbocycles. The molecule has 0 aliphatic heterocycles. The smallest absolute Gasteiger partial charge is 0.223 e. The van der Waals surface area contributed by atoms with Crippen molar-refractivity contribution in [2.75, 3.05) is 6.54 Å². The number of rotatable bonds is 6. The maximum Gasteiger partial charge on any atom is 0.416 e. The zero-order valence-corrected chi connectivity index (χ0v) is 18.2. The average Bonchev–Trinajstić information content (AvgIpc) is 2.59. The molecule has 1 N–H and O–H groups in total. The summed E-state index contributed by atoms with van der Waals surface area (Å²) in [6, 6.07) is 8.60. The minimum atomic E-state index is -4.64. The van der Waals surface area contributed by atoms with Gasteiger partial charge in [0, 0.05) is 6.54 Å². The lowest BCUT2D eigenvalue weighted by molar-refractivity contribution is -0.137. The van der Waals surface area contributed by atoms with Gasteiger partial charge in [-0.3, -0.25) is 0 Å². The van der Waals surface area contributed by atoms with Crippen LogP contribution in [0.3, 0.4) is 0 Å². The molecule has 1 aliphatic rings. The predicted molar refractivity (Wildman–Crippen MR) is 107 cm³/mol. The van der Waals surface area contributed by atoms with Gasteiger partial charge in [-0.15, -0.1) is 0 Å². The van der Waals surface area contributed by atoms with E-state index in [-0.39, 0.29) is 17.4 Å². The molecule has 1 saturated carbocycles. The number of hydrogen-bond acceptors (Lipinski definition) is 4. The zero-order chi connectivity index (χ0) is 22.3. The Balaban J connectivity index is 1.62. The van der Waals surface area contributed by atoms with Gasteiger partial charge in [0.25, 0.3) is 0 Å². The summed E-state index contributed by atoms with van der Waals surface area (Å²) in [5.41, 5.74) is -0.220. The molecule has 5 nitrogen and oxygen atoms in total. The van der Waals surface area contributed by atoms with Gasteiger partial charge >= 0.3 is 6.18 Å². The van der Waals surface area contributed by atoms with E-state index >= 15 is 0 Å². The first-order chi connectivity index (χ1) is 13.8. The third-order valence-corrected chi connectivity index (χ3v) is 9.14. The van der Waals surface area contributed by atoms with Crippen molar-refractivity contribution < 1.29 is 30.0 Å². The van der Waals surface area contributed by atoms with E-state index in [4.69, 9.17) is 11.6 Å². The SMILES string of the molecule is Cc1cccc(S(=O)(=O)[C@H]2C[C@H](CNS(=O)(=O)c3ccc(C(F)(F)F)cc3Cl)C2)c1. The second kappa shape index (κ2) is 8.14. The highest BCUT2D eigenvalue weighted by Crippen LogP contribution is 2.37. The second-order valence-electron chi connectivity index (χ2n) is 7.32. The third-order valence-electron chi connectivity index (χ3n) is 5.06. The van der Waals surface area contributed by atoms with Gasteiger partial charge in [-0.1, -0.05) is 23.7 Å². The quantitative estimate of drug-likeness (QED) is 0.670. The Morgan fingerprint density at radius 2 is 1.73 bits per heavy atom. The van der Waals surface area contributed by atoms with Crippen molar-refractivity contribution >= 4 is 31.5 Å². The van der Waals surface area contributed by atoms with Crippen LogP contribution in [0.5, 0.6) is 0 Å². The molecule has 2 aromatic carbocycles. The molecule has 2 aromatic rings. The van der Waals surface area contributed by atoms with Crippen LogP contribution in [0.25, 0.3) is 0 Å². The van der Waals surface area contributed by atoms with Crippen LogP contribution in [0.2, 0.25) is 5.02 Å². The third kappa shape index (κ3) is 4.82. The summed E-state index contributed by atoms with van der Waals surface area (Å²) >= 11 is 5.75. The molecular formula is C19H19ClF3NO4S2. The molecule has 0 amide bonds. The summed E-state index contributed by atoms with van der Waals surface area (Å²) in [6.07, 6.45) is -4.05. The van der Waals surface area contributed by atoms with Gasteiger partial charge in [0.2, 0.25) is 10.0 Å². The lowest BCUT2D eigenvalue weighted by Gasteiger charge is -2.34. The van der Waals surface area contributed by atoms with E-state index in [0.717, 1.165) is 11.6 Å². The number of nitrogens with one attached hydrogen (secondary N) is 1. The summed E-state index contributed by atoms with van der Waals surface area (Å²) < 4.78 is 90.5. The summed E-state index contributed by atoms with van der Waals surface area (Å²) in [5.74, 6) is -0.197. The lowest BCUT2D eigenvalue weighted by atomic mass is 9.85. The van der Waals surface area contributed by atoms with E-state index in [0.29, 0.717) is 25.0 Å². The normalized spacial score (nSPS) is 20.0. The van der Waals surface area contributed by atoms with Gasteiger partial charge in [-0.05, 0) is 61.6 Å². The molecule has 3 rings (SSSR count). The Morgan fingerprint density at radius 3 is 2.30 bits per heavy atom. The van der Waals surface area contributed by atoms with Gasteiger partial charge in [0.1, 0.15) is 4.90 Å². The maximum absolute atomic E-state index is 12.7. The molecule has 0 heterocycles. The summed E-state index contributed by atoms with van der Waals surface area (Å²) in [4.78, 5) is -0.219. The summed E-state index contributed by atoms with van der Waals surface area (Å²) in [7, 11) is -7.63. The fourth-order valence-electron chi connectivity index (χ4n) is 3.28. The summed E-state index contributed by atoms with van der Waals surface area (Å²) in [5, 5.41) is -1.13. The van der Waals surface area contributed by atoms with Gasteiger partial charge in [0.15, 0.2) is 9.84 Å². The van der Waals surface area contributed by atoms with Crippen LogP contribution in [0, 0.1) is 12.8 Å². The van der Waals surface area contributed by atoms with Crippen molar-refractivity contribution in [1.82, 2.24) is 4.72 Å². The number of halogens is 4. The lowest BCUT2D eigenvalue weighted by Crippen LogP contribution is -2.42. The molecule has 0 saturated heterocycles. The van der Waals surface area contributed by atoms with Crippen LogP contribution in [-0.2, 0) is 26.0 Å². The van der Waals surface area contributed by atoms with Crippen LogP contribution in [0.1, 0.15) is 24.0 Å². The molecule has 11 heteroatoms. The monoisotopic (exact) mass is 481 g/mol. The van der Waals surface area contributed by atoms with Crippen molar-refractivity contribution in [1.29, 1.82) is 0 Å². The molecule has 1 fully saturated rings. The fourth-order valence-corrected chi connectivity index (χ4v) is 6.99. The number of sulfone groups is 1. The number of hydrogen-bond donors (Lipinski definition) is 1. The first-order valence-electron chi connectivity index (χ1n) is 8.97. The van der Waals surface area contributed by atoms with E-state index in [2.05, 4.69) is 4.72 Å². The van der Waals surface area contributed by atoms with Crippen molar-refractivity contribution in [3.05, 3.63) is 58.6 Å². The van der Waals surface area contributed by atoms with Gasteiger partial charge < -0.3 is 0 Å². The molecule has 0 radical (unpaired) electrons. The number of aryl methyl sites for hydroxylation is 1. The van der Waals surface area contributed by atoms with Gasteiger partial charge in [0.05, 0.1) is 20.7 Å². The molecular weight excluding hydrogens is 463 g/mol. The average molecular weight is 482 g/mol. The largest absolute Gasteiger partial charge is 0.416 e. The first kappa shape index (κ1) is 23.1. The van der Waals surface area contributed by atoms with Crippen molar-refractivity contribution in [3.63, 3.8) is 0 Å².